The molecule has 5 atom stereocenters. The van der Waals surface area contributed by atoms with Crippen LogP contribution in [0.4, 0.5) is 0 Å². The molecular formula is C14H21BrN4O13P2. The van der Waals surface area contributed by atoms with Gasteiger partial charge in [-0.3, -0.25) is 18.5 Å². The van der Waals surface area contributed by atoms with Crippen molar-refractivity contribution in [2.75, 3.05) is 26.4 Å². The molecule has 34 heavy (non-hydrogen) atoms. The smallest absolute Gasteiger partial charge is 0.394 e. The van der Waals surface area contributed by atoms with Gasteiger partial charge in [0.15, 0.2) is 22.1 Å². The van der Waals surface area contributed by atoms with Gasteiger partial charge in [-0.25, -0.2) is 19.1 Å². The van der Waals surface area contributed by atoms with E-state index in [4.69, 9.17) is 24.2 Å². The summed E-state index contributed by atoms with van der Waals surface area (Å²) >= 11 is 3.17. The summed E-state index contributed by atoms with van der Waals surface area (Å²) in [7, 11) is -10.2. The van der Waals surface area contributed by atoms with Gasteiger partial charge in [0.05, 0.1) is 33.0 Å². The van der Waals surface area contributed by atoms with Gasteiger partial charge in [0.1, 0.15) is 24.6 Å². The zero-order chi connectivity index (χ0) is 25.3. The van der Waals surface area contributed by atoms with Crippen LogP contribution in [0.1, 0.15) is 6.23 Å². The Morgan fingerprint density at radius 2 is 1.85 bits per heavy atom. The van der Waals surface area contributed by atoms with E-state index in [0.717, 1.165) is 4.57 Å². The maximum Gasteiger partial charge on any atom is 0.481 e. The van der Waals surface area contributed by atoms with Crippen LogP contribution >= 0.6 is 31.6 Å². The fourth-order valence-corrected chi connectivity index (χ4v) is 5.21. The highest BCUT2D eigenvalue weighted by Crippen LogP contribution is 2.57. The lowest BCUT2D eigenvalue weighted by atomic mass is 10.1. The Morgan fingerprint density at radius 3 is 2.47 bits per heavy atom. The van der Waals surface area contributed by atoms with Crippen molar-refractivity contribution in [3.8, 4) is 0 Å². The van der Waals surface area contributed by atoms with Gasteiger partial charge in [0.2, 0.25) is 0 Å². The van der Waals surface area contributed by atoms with E-state index in [-0.39, 0.29) is 35.7 Å². The van der Waals surface area contributed by atoms with Gasteiger partial charge >= 0.3 is 15.6 Å². The predicted molar refractivity (Wildman–Crippen MR) is 112 cm³/mol. The monoisotopic (exact) mass is 594 g/mol. The second kappa shape index (κ2) is 10.9. The molecule has 1 unspecified atom stereocenters. The van der Waals surface area contributed by atoms with E-state index in [1.54, 1.807) is 0 Å². The first kappa shape index (κ1) is 27.5. The number of nitrogens with zero attached hydrogens (tertiary/aromatic N) is 4. The van der Waals surface area contributed by atoms with Crippen LogP contribution in [0.5, 0.6) is 0 Å². The molecule has 0 saturated carbocycles. The van der Waals surface area contributed by atoms with E-state index >= 15 is 0 Å². The lowest BCUT2D eigenvalue weighted by molar-refractivity contribution is -0.0521. The molecule has 0 radical (unpaired) electrons. The minimum Gasteiger partial charge on any atom is -0.394 e. The molecule has 3 heterocycles. The van der Waals surface area contributed by atoms with E-state index in [0.29, 0.717) is 0 Å². The highest BCUT2D eigenvalue weighted by atomic mass is 79.9. The number of aromatic nitrogens is 4. The number of rotatable bonds is 11. The van der Waals surface area contributed by atoms with Gasteiger partial charge in [0, 0.05) is 0 Å². The maximum absolute atomic E-state index is 12.8. The summed E-state index contributed by atoms with van der Waals surface area (Å²) < 4.78 is 43.0. The third-order valence-corrected chi connectivity index (χ3v) is 7.31. The molecule has 17 nitrogen and oxygen atoms in total. The molecule has 1 saturated heterocycles. The van der Waals surface area contributed by atoms with Crippen LogP contribution < -0.4 is 5.56 Å². The van der Waals surface area contributed by atoms with Gasteiger partial charge in [-0.2, -0.15) is 4.31 Å². The quantitative estimate of drug-likeness (QED) is 0.0954. The summed E-state index contributed by atoms with van der Waals surface area (Å²) in [6.07, 6.45) is -3.77. The number of imidazole rings is 1. The molecule has 0 bridgehead atoms. The highest BCUT2D eigenvalue weighted by Gasteiger charge is 2.44. The molecule has 20 heteroatoms. The van der Waals surface area contributed by atoms with E-state index < -0.39 is 59.0 Å². The molecule has 192 valence electrons. The Kier molecular flexibility index (Phi) is 8.79. The third kappa shape index (κ3) is 6.36. The van der Waals surface area contributed by atoms with E-state index in [1.807, 2.05) is 0 Å². The van der Waals surface area contributed by atoms with Crippen molar-refractivity contribution >= 4 is 42.7 Å². The van der Waals surface area contributed by atoms with Crippen molar-refractivity contribution < 1.29 is 57.4 Å². The third-order valence-electron chi connectivity index (χ3n) is 4.57. The summed E-state index contributed by atoms with van der Waals surface area (Å²) in [4.78, 5) is 47.1. The first-order valence-electron chi connectivity index (χ1n) is 9.42. The van der Waals surface area contributed by atoms with Crippen LogP contribution in [0.25, 0.3) is 11.2 Å². The van der Waals surface area contributed by atoms with Gasteiger partial charge < -0.3 is 39.5 Å². The molecule has 2 aromatic heterocycles. The van der Waals surface area contributed by atoms with Crippen molar-refractivity contribution in [2.24, 2.45) is 0 Å². The van der Waals surface area contributed by atoms with Crippen LogP contribution in [0.3, 0.4) is 0 Å². The van der Waals surface area contributed by atoms with E-state index in [9.17, 15) is 29.2 Å². The van der Waals surface area contributed by atoms with Crippen LogP contribution in [0.15, 0.2) is 15.9 Å². The largest absolute Gasteiger partial charge is 0.481 e. The van der Waals surface area contributed by atoms with Crippen molar-refractivity contribution in [1.29, 1.82) is 0 Å². The van der Waals surface area contributed by atoms with Crippen LogP contribution in [0.2, 0.25) is 0 Å². The first-order chi connectivity index (χ1) is 15.8. The molecule has 1 fully saturated rings. The number of halogens is 1. The van der Waals surface area contributed by atoms with Crippen LogP contribution in [0, 0.1) is 0 Å². The molecule has 0 aliphatic carbocycles. The van der Waals surface area contributed by atoms with Crippen molar-refractivity contribution in [3.05, 3.63) is 21.4 Å². The van der Waals surface area contributed by atoms with Crippen molar-refractivity contribution in [3.63, 3.8) is 0 Å². The second-order valence-corrected chi connectivity index (χ2v) is 10.4. The number of aliphatic hydroxyl groups is 3. The molecule has 0 amide bonds. The van der Waals surface area contributed by atoms with Gasteiger partial charge in [0.25, 0.3) is 5.56 Å². The van der Waals surface area contributed by atoms with Crippen molar-refractivity contribution in [1.82, 2.24) is 19.1 Å². The summed E-state index contributed by atoms with van der Waals surface area (Å²) in [5.41, 5.74) is -0.585. The van der Waals surface area contributed by atoms with E-state index in [2.05, 4.69) is 34.7 Å². The Balaban J connectivity index is 1.61. The maximum atomic E-state index is 12.8. The molecule has 0 spiro atoms. The number of phosphoric acid groups is 2. The Hall–Kier alpha value is -1.11. The SMILES string of the molecule is O=c1c2nc(Br)n([C@@H]3O[C@H](CO)[C@@H](O)[C@H]3O)c2ncn1CCOCCOP(=O)(O)OP(=O)(O)O. The Labute approximate surface area is 198 Å². The number of hydrogen-bond donors (Lipinski definition) is 6. The van der Waals surface area contributed by atoms with Crippen LogP contribution in [-0.4, -0.2) is 93.8 Å². The second-order valence-electron chi connectivity index (χ2n) is 6.88. The summed E-state index contributed by atoms with van der Waals surface area (Å²) in [6.45, 7) is -1.39. The number of aliphatic hydroxyl groups excluding tert-OH is 3. The average Bonchev–Trinajstić information content (AvgIpc) is 3.20. The van der Waals surface area contributed by atoms with E-state index in [1.165, 1.54) is 10.9 Å². The molecule has 2 aromatic rings. The lowest BCUT2D eigenvalue weighted by Crippen LogP contribution is -2.33. The van der Waals surface area contributed by atoms with Crippen LogP contribution in [-0.2, 0) is 34.0 Å². The fourth-order valence-electron chi connectivity index (χ4n) is 3.09. The zero-order valence-electron chi connectivity index (χ0n) is 17.0. The number of fused-ring (bicyclic) bond motifs is 1. The lowest BCUT2D eigenvalue weighted by Gasteiger charge is -2.17. The minimum absolute atomic E-state index is 0.00409. The van der Waals surface area contributed by atoms with Crippen molar-refractivity contribution in [2.45, 2.75) is 31.1 Å². The highest BCUT2D eigenvalue weighted by molar-refractivity contribution is 9.10. The fraction of sp³-hybridized carbons (Fsp3) is 0.643. The van der Waals surface area contributed by atoms with Gasteiger partial charge in [-0.15, -0.1) is 0 Å². The number of phosphoric ester groups is 1. The first-order valence-corrected chi connectivity index (χ1v) is 13.2. The molecule has 3 rings (SSSR count). The molecule has 1 aliphatic heterocycles. The normalized spacial score (nSPS) is 25.1. The molecular weight excluding hydrogens is 574 g/mol. The summed E-state index contributed by atoms with van der Waals surface area (Å²) in [5, 5.41) is 29.5. The summed E-state index contributed by atoms with van der Waals surface area (Å²) in [5.74, 6) is 0. The zero-order valence-corrected chi connectivity index (χ0v) is 20.4. The summed E-state index contributed by atoms with van der Waals surface area (Å²) in [6, 6.07) is 0. The molecule has 6 N–H and O–H groups in total. The predicted octanol–water partition coefficient (Wildman–Crippen LogP) is -1.79. The van der Waals surface area contributed by atoms with Gasteiger partial charge in [-0.05, 0) is 15.9 Å². The van der Waals surface area contributed by atoms with Gasteiger partial charge in [-0.1, -0.05) is 0 Å². The number of hydrogen-bond acceptors (Lipinski definition) is 12. The molecule has 1 aliphatic rings. The topological polar surface area (TPSA) is 245 Å². The Bertz CT molecular complexity index is 1170. The Morgan fingerprint density at radius 1 is 1.15 bits per heavy atom. The standard InChI is InChI=1S/C14H21BrN4O13P2/c15-14-17-8-11(19(14)13-10(22)9(21)7(5-20)31-13)16-6-18(12(8)23)1-2-29-3-4-30-34(27,28)32-33(24,25)26/h6-7,9-10,13,20-22H,1-5H2,(H,27,28)(H2,24,25,26)/t7-,9-,10-,13-/m1/s1. The number of ether oxygens (including phenoxy) is 2. The average molecular weight is 595 g/mol. The molecule has 0 aromatic carbocycles. The minimum atomic E-state index is -5.22.